The van der Waals surface area contributed by atoms with Gasteiger partial charge in [-0.05, 0) is 25.7 Å². The molecule has 0 radical (unpaired) electrons. The predicted octanol–water partition coefficient (Wildman–Crippen LogP) is 9.14. The van der Waals surface area contributed by atoms with E-state index in [1.54, 1.807) is 0 Å². The Morgan fingerprint density at radius 3 is 0.933 bits per heavy atom. The summed E-state index contributed by atoms with van der Waals surface area (Å²) in [5, 5.41) is 5.42. The van der Waals surface area contributed by atoms with Gasteiger partial charge in [-0.15, -0.1) is 0 Å². The van der Waals surface area contributed by atoms with Crippen LogP contribution in [0.25, 0.3) is 0 Å². The van der Waals surface area contributed by atoms with Gasteiger partial charge in [0.2, 0.25) is 0 Å². The van der Waals surface area contributed by atoms with Crippen LogP contribution in [0.4, 0.5) is 0 Å². The quantitative estimate of drug-likeness (QED) is 0.160. The van der Waals surface area contributed by atoms with Gasteiger partial charge in [-0.25, -0.2) is 10.0 Å². The molecule has 0 unspecified atom stereocenters. The van der Waals surface area contributed by atoms with Gasteiger partial charge < -0.3 is 0 Å². The molecule has 0 amide bonds. The van der Waals surface area contributed by atoms with E-state index in [-0.39, 0.29) is 0 Å². The summed E-state index contributed by atoms with van der Waals surface area (Å²) in [5.41, 5.74) is 0. The largest absolute Gasteiger partial charge is 0.242 e. The second-order valence-corrected chi connectivity index (χ2v) is 9.98. The summed E-state index contributed by atoms with van der Waals surface area (Å²) in [4.78, 5) is 0. The van der Waals surface area contributed by atoms with Crippen LogP contribution in [0.3, 0.4) is 0 Å². The lowest BCUT2D eigenvalue weighted by Crippen LogP contribution is -2.47. The first-order chi connectivity index (χ1) is 14.9. The molecule has 0 aromatic heterocycles. The highest BCUT2D eigenvalue weighted by Crippen LogP contribution is 2.16. The Labute approximate surface area is 191 Å². The van der Waals surface area contributed by atoms with Gasteiger partial charge in [0.25, 0.3) is 0 Å². The number of rotatable bonds is 22. The highest BCUT2D eigenvalue weighted by atomic mass is 15.6. The van der Waals surface area contributed by atoms with Gasteiger partial charge in [-0.1, -0.05) is 129 Å². The van der Waals surface area contributed by atoms with Crippen molar-refractivity contribution in [1.29, 1.82) is 0 Å². The van der Waals surface area contributed by atoms with Crippen molar-refractivity contribution >= 4 is 0 Å². The van der Waals surface area contributed by atoms with E-state index in [9.17, 15) is 0 Å². The summed E-state index contributed by atoms with van der Waals surface area (Å²) in [5.74, 6) is 0. The third kappa shape index (κ3) is 16.6. The van der Waals surface area contributed by atoms with E-state index in [0.717, 1.165) is 0 Å². The molecule has 2 heteroatoms. The Bertz CT molecular complexity index is 299. The van der Waals surface area contributed by atoms with Crippen molar-refractivity contribution < 1.29 is 0 Å². The van der Waals surface area contributed by atoms with Crippen molar-refractivity contribution in [3.05, 3.63) is 0 Å². The van der Waals surface area contributed by atoms with Crippen molar-refractivity contribution in [2.24, 2.45) is 0 Å². The van der Waals surface area contributed by atoms with E-state index in [1.807, 2.05) is 0 Å². The lowest BCUT2D eigenvalue weighted by molar-refractivity contribution is -0.0522. The molecule has 180 valence electrons. The molecule has 1 rings (SSSR count). The van der Waals surface area contributed by atoms with E-state index in [1.165, 1.54) is 167 Å². The standard InChI is InChI=1S/C28H58N2/c1-3-5-7-9-11-13-15-17-19-21-25-29-27-23-24-28-30(29)26-22-20-18-16-14-12-10-8-6-4-2/h3-28H2,1-2H3. The Kier molecular flexibility index (Phi) is 20.6. The topological polar surface area (TPSA) is 6.48 Å². The zero-order chi connectivity index (χ0) is 21.5. The fraction of sp³-hybridized carbons (Fsp3) is 1.00. The third-order valence-electron chi connectivity index (χ3n) is 7.02. The van der Waals surface area contributed by atoms with Crippen LogP contribution in [0.5, 0.6) is 0 Å². The van der Waals surface area contributed by atoms with E-state index in [2.05, 4.69) is 23.9 Å². The molecule has 2 nitrogen and oxygen atoms in total. The molecular weight excluding hydrogens is 364 g/mol. The molecule has 0 atom stereocenters. The summed E-state index contributed by atoms with van der Waals surface area (Å²) >= 11 is 0. The molecule has 30 heavy (non-hydrogen) atoms. The molecule has 0 saturated carbocycles. The second kappa shape index (κ2) is 22.1. The normalized spacial score (nSPS) is 15.8. The van der Waals surface area contributed by atoms with Crippen LogP contribution in [0, 0.1) is 0 Å². The van der Waals surface area contributed by atoms with Crippen molar-refractivity contribution in [3.63, 3.8) is 0 Å². The first-order valence-corrected chi connectivity index (χ1v) is 14.4. The van der Waals surface area contributed by atoms with Crippen LogP contribution in [-0.4, -0.2) is 36.2 Å². The smallest absolute Gasteiger partial charge is 0.0133 e. The molecule has 0 spiro atoms. The second-order valence-electron chi connectivity index (χ2n) is 9.98. The SMILES string of the molecule is CCCCCCCCCCCCN1CCCCN1CCCCCCCCCCCC. The van der Waals surface area contributed by atoms with E-state index < -0.39 is 0 Å². The number of nitrogens with zero attached hydrogens (tertiary/aromatic N) is 2. The number of unbranched alkanes of at least 4 members (excludes halogenated alkanes) is 18. The van der Waals surface area contributed by atoms with Gasteiger partial charge in [0.1, 0.15) is 0 Å². The molecule has 1 fully saturated rings. The maximum absolute atomic E-state index is 2.71. The Hall–Kier alpha value is -0.0800. The number of hydrogen-bond acceptors (Lipinski definition) is 2. The zero-order valence-electron chi connectivity index (χ0n) is 21.3. The highest BCUT2D eigenvalue weighted by Gasteiger charge is 2.18. The molecule has 0 aromatic carbocycles. The van der Waals surface area contributed by atoms with Gasteiger partial charge in [0.05, 0.1) is 0 Å². The third-order valence-corrected chi connectivity index (χ3v) is 7.02. The number of hydrazine groups is 1. The van der Waals surface area contributed by atoms with Gasteiger partial charge >= 0.3 is 0 Å². The minimum atomic E-state index is 1.31. The molecular formula is C28H58N2. The lowest BCUT2D eigenvalue weighted by Gasteiger charge is -2.39. The van der Waals surface area contributed by atoms with Gasteiger partial charge in [-0.2, -0.15) is 0 Å². The summed E-state index contributed by atoms with van der Waals surface area (Å²) in [6.07, 6.45) is 31.7. The van der Waals surface area contributed by atoms with E-state index >= 15 is 0 Å². The summed E-state index contributed by atoms with van der Waals surface area (Å²) in [7, 11) is 0. The van der Waals surface area contributed by atoms with Crippen LogP contribution in [0.1, 0.15) is 155 Å². The van der Waals surface area contributed by atoms with Crippen molar-refractivity contribution in [2.45, 2.75) is 155 Å². The molecule has 0 aromatic rings. The molecule has 1 saturated heterocycles. The molecule has 1 aliphatic rings. The fourth-order valence-electron chi connectivity index (χ4n) is 4.94. The van der Waals surface area contributed by atoms with Crippen LogP contribution in [-0.2, 0) is 0 Å². The average Bonchev–Trinajstić information content (AvgIpc) is 2.77. The highest BCUT2D eigenvalue weighted by molar-refractivity contribution is 4.66. The molecule has 1 aliphatic heterocycles. The van der Waals surface area contributed by atoms with Crippen molar-refractivity contribution in [3.8, 4) is 0 Å². The first-order valence-electron chi connectivity index (χ1n) is 14.4. The monoisotopic (exact) mass is 422 g/mol. The Morgan fingerprint density at radius 2 is 0.633 bits per heavy atom. The molecule has 1 heterocycles. The van der Waals surface area contributed by atoms with Crippen LogP contribution in [0.15, 0.2) is 0 Å². The average molecular weight is 423 g/mol. The Balaban J connectivity index is 1.94. The minimum Gasteiger partial charge on any atom is -0.242 e. The van der Waals surface area contributed by atoms with E-state index in [4.69, 9.17) is 0 Å². The predicted molar refractivity (Wildman–Crippen MR) is 136 cm³/mol. The zero-order valence-corrected chi connectivity index (χ0v) is 21.3. The van der Waals surface area contributed by atoms with E-state index in [0.29, 0.717) is 0 Å². The molecule has 0 aliphatic carbocycles. The van der Waals surface area contributed by atoms with Crippen LogP contribution < -0.4 is 0 Å². The summed E-state index contributed by atoms with van der Waals surface area (Å²) in [6, 6.07) is 0. The lowest BCUT2D eigenvalue weighted by atomic mass is 10.1. The summed E-state index contributed by atoms with van der Waals surface area (Å²) < 4.78 is 0. The van der Waals surface area contributed by atoms with Crippen molar-refractivity contribution in [2.75, 3.05) is 26.2 Å². The first kappa shape index (κ1) is 28.0. The van der Waals surface area contributed by atoms with Gasteiger partial charge in [0, 0.05) is 26.2 Å². The fourth-order valence-corrected chi connectivity index (χ4v) is 4.94. The van der Waals surface area contributed by atoms with Crippen LogP contribution >= 0.6 is 0 Å². The number of hydrogen-bond donors (Lipinski definition) is 0. The van der Waals surface area contributed by atoms with Crippen LogP contribution in [0.2, 0.25) is 0 Å². The van der Waals surface area contributed by atoms with Crippen molar-refractivity contribution in [1.82, 2.24) is 10.0 Å². The maximum atomic E-state index is 2.71. The minimum absolute atomic E-state index is 1.31. The van der Waals surface area contributed by atoms with Gasteiger partial charge in [0.15, 0.2) is 0 Å². The summed E-state index contributed by atoms with van der Waals surface area (Å²) in [6.45, 7) is 9.87. The maximum Gasteiger partial charge on any atom is 0.0133 e. The molecule has 0 bridgehead atoms. The molecule has 0 N–H and O–H groups in total. The van der Waals surface area contributed by atoms with Gasteiger partial charge in [-0.3, -0.25) is 0 Å². The Morgan fingerprint density at radius 1 is 0.367 bits per heavy atom.